The number of benzene rings is 1. The Morgan fingerprint density at radius 2 is 2.20 bits per heavy atom. The number of rotatable bonds is 5. The van der Waals surface area contributed by atoms with Gasteiger partial charge in [0.2, 0.25) is 5.91 Å². The molecule has 3 N–H and O–H groups in total. The van der Waals surface area contributed by atoms with Crippen molar-refractivity contribution in [1.29, 1.82) is 0 Å². The number of nitrogens with zero attached hydrogens (tertiary/aromatic N) is 2. The molecule has 25 heavy (non-hydrogen) atoms. The molecule has 1 amide bonds. The third-order valence-electron chi connectivity index (χ3n) is 4.72. The van der Waals surface area contributed by atoms with E-state index in [-0.39, 0.29) is 42.8 Å². The summed E-state index contributed by atoms with van der Waals surface area (Å²) >= 11 is 0. The molecule has 5 nitrogen and oxygen atoms in total. The lowest BCUT2D eigenvalue weighted by molar-refractivity contribution is -0.122. The van der Waals surface area contributed by atoms with Gasteiger partial charge >= 0.3 is 0 Å². The summed E-state index contributed by atoms with van der Waals surface area (Å²) in [5.41, 5.74) is 8.18. The van der Waals surface area contributed by atoms with Gasteiger partial charge in [-0.15, -0.1) is 24.8 Å². The van der Waals surface area contributed by atoms with Crippen molar-refractivity contribution in [2.45, 2.75) is 44.7 Å². The Morgan fingerprint density at radius 1 is 1.40 bits per heavy atom. The second kappa shape index (κ2) is 9.80. The highest BCUT2D eigenvalue weighted by molar-refractivity contribution is 5.85. The summed E-state index contributed by atoms with van der Waals surface area (Å²) in [6.45, 7) is 2.01. The minimum atomic E-state index is -0.0244. The molecule has 0 aliphatic heterocycles. The highest BCUT2D eigenvalue weighted by atomic mass is 35.5. The molecular formula is C18H26Cl2N4O. The van der Waals surface area contributed by atoms with Crippen LogP contribution in [0.2, 0.25) is 0 Å². The summed E-state index contributed by atoms with van der Waals surface area (Å²) in [7, 11) is 0. The topological polar surface area (TPSA) is 72.9 Å². The first-order valence-electron chi connectivity index (χ1n) is 8.26. The predicted molar refractivity (Wildman–Crippen MR) is 105 cm³/mol. The number of amides is 1. The van der Waals surface area contributed by atoms with Crippen molar-refractivity contribution in [2.75, 3.05) is 0 Å². The average molecular weight is 385 g/mol. The number of imidazole rings is 1. The Labute approximate surface area is 161 Å². The zero-order chi connectivity index (χ0) is 16.2. The lowest BCUT2D eigenvalue weighted by atomic mass is 9.99. The van der Waals surface area contributed by atoms with E-state index in [1.807, 2.05) is 35.9 Å². The highest BCUT2D eigenvalue weighted by Crippen LogP contribution is 2.27. The maximum atomic E-state index is 12.3. The molecule has 7 heteroatoms. The first-order valence-corrected chi connectivity index (χ1v) is 8.26. The lowest BCUT2D eigenvalue weighted by Crippen LogP contribution is -2.32. The fourth-order valence-corrected chi connectivity index (χ4v) is 3.31. The first-order chi connectivity index (χ1) is 11.1. The van der Waals surface area contributed by atoms with Gasteiger partial charge in [-0.3, -0.25) is 4.79 Å². The van der Waals surface area contributed by atoms with Crippen molar-refractivity contribution in [2.24, 2.45) is 11.7 Å². The normalized spacial score (nSPS) is 20.2. The van der Waals surface area contributed by atoms with E-state index < -0.39 is 0 Å². The van der Waals surface area contributed by atoms with Crippen LogP contribution in [0.5, 0.6) is 0 Å². The first kappa shape index (κ1) is 21.5. The summed E-state index contributed by atoms with van der Waals surface area (Å²) in [5.74, 6) is 0.423. The molecule has 1 fully saturated rings. The fourth-order valence-electron chi connectivity index (χ4n) is 3.31. The van der Waals surface area contributed by atoms with Crippen LogP contribution in [0.1, 0.15) is 44.2 Å². The zero-order valence-electron chi connectivity index (χ0n) is 14.3. The van der Waals surface area contributed by atoms with E-state index in [1.54, 1.807) is 12.5 Å². The van der Waals surface area contributed by atoms with Gasteiger partial charge < -0.3 is 15.6 Å². The van der Waals surface area contributed by atoms with E-state index in [4.69, 9.17) is 5.73 Å². The largest absolute Gasteiger partial charge is 0.350 e. The van der Waals surface area contributed by atoms with Crippen LogP contribution in [0.4, 0.5) is 0 Å². The molecular weight excluding hydrogens is 359 g/mol. The molecule has 3 rings (SSSR count). The monoisotopic (exact) mass is 384 g/mol. The van der Waals surface area contributed by atoms with Gasteiger partial charge in [-0.05, 0) is 43.4 Å². The number of nitrogens with one attached hydrogen (secondary N) is 1. The molecule has 0 bridgehead atoms. The molecule has 1 heterocycles. The third-order valence-corrected chi connectivity index (χ3v) is 4.72. The van der Waals surface area contributed by atoms with Gasteiger partial charge in [0.1, 0.15) is 0 Å². The Hall–Kier alpha value is -1.56. The summed E-state index contributed by atoms with van der Waals surface area (Å²) in [6, 6.07) is 8.29. The number of halogens is 2. The van der Waals surface area contributed by atoms with Crippen LogP contribution in [0, 0.1) is 5.92 Å². The van der Waals surface area contributed by atoms with Crippen LogP contribution in [0.15, 0.2) is 43.0 Å². The number of carbonyl (C=O) groups is 1. The van der Waals surface area contributed by atoms with Gasteiger partial charge in [0.25, 0.3) is 0 Å². The smallest absolute Gasteiger partial charge is 0.220 e. The summed E-state index contributed by atoms with van der Waals surface area (Å²) in [4.78, 5) is 16.3. The molecule has 1 saturated carbocycles. The number of carbonyl (C=O) groups excluding carboxylic acids is 1. The lowest BCUT2D eigenvalue weighted by Gasteiger charge is -2.19. The summed E-state index contributed by atoms with van der Waals surface area (Å²) < 4.78 is 1.95. The van der Waals surface area contributed by atoms with Crippen molar-refractivity contribution in [3.05, 3.63) is 48.5 Å². The Balaban J connectivity index is 0.00000156. The van der Waals surface area contributed by atoms with E-state index in [2.05, 4.69) is 16.4 Å². The minimum Gasteiger partial charge on any atom is -0.350 e. The minimum absolute atomic E-state index is 0. The fraction of sp³-hybridized carbons (Fsp3) is 0.444. The van der Waals surface area contributed by atoms with Crippen molar-refractivity contribution in [3.8, 4) is 5.69 Å². The second-order valence-corrected chi connectivity index (χ2v) is 6.41. The molecule has 1 aliphatic rings. The standard InChI is InChI=1S/C18H24N4O.2ClH/c1-13(21-18(23)11-15-5-3-7-17(15)19)14-4-2-6-16(10-14)22-9-8-20-12-22;;/h2,4,6,8-10,12-13,15,17H,3,5,7,11,19H2,1H3,(H,21,23);2*1H/t13?,15-,17+;;/m0../s1. The van der Waals surface area contributed by atoms with Gasteiger partial charge in [0, 0.05) is 30.5 Å². The van der Waals surface area contributed by atoms with E-state index >= 15 is 0 Å². The van der Waals surface area contributed by atoms with Gasteiger partial charge in [-0.2, -0.15) is 0 Å². The van der Waals surface area contributed by atoms with Crippen molar-refractivity contribution in [3.63, 3.8) is 0 Å². The molecule has 0 radical (unpaired) electrons. The van der Waals surface area contributed by atoms with Crippen LogP contribution in [0.3, 0.4) is 0 Å². The van der Waals surface area contributed by atoms with Crippen LogP contribution in [-0.2, 0) is 4.79 Å². The van der Waals surface area contributed by atoms with Crippen molar-refractivity contribution >= 4 is 30.7 Å². The number of hydrogen-bond donors (Lipinski definition) is 2. The van der Waals surface area contributed by atoms with Gasteiger partial charge in [-0.25, -0.2) is 4.98 Å². The number of nitrogens with two attached hydrogens (primary N) is 1. The summed E-state index contributed by atoms with van der Waals surface area (Å²) in [6.07, 6.45) is 9.21. The summed E-state index contributed by atoms with van der Waals surface area (Å²) in [5, 5.41) is 3.10. The molecule has 0 spiro atoms. The zero-order valence-corrected chi connectivity index (χ0v) is 15.9. The quantitative estimate of drug-likeness (QED) is 0.829. The SMILES string of the molecule is CC(NC(=O)C[C@@H]1CCC[C@H]1N)c1cccc(-n2ccnc2)c1.Cl.Cl. The molecule has 1 unspecified atom stereocenters. The molecule has 1 aromatic carbocycles. The molecule has 1 aliphatic carbocycles. The molecule has 0 saturated heterocycles. The van der Waals surface area contributed by atoms with Crippen LogP contribution in [0.25, 0.3) is 5.69 Å². The molecule has 138 valence electrons. The van der Waals surface area contributed by atoms with E-state index in [1.165, 1.54) is 0 Å². The number of hydrogen-bond acceptors (Lipinski definition) is 3. The van der Waals surface area contributed by atoms with Gasteiger partial charge in [0.05, 0.1) is 12.4 Å². The maximum absolute atomic E-state index is 12.3. The Morgan fingerprint density at radius 3 is 2.84 bits per heavy atom. The van der Waals surface area contributed by atoms with Crippen LogP contribution < -0.4 is 11.1 Å². The van der Waals surface area contributed by atoms with E-state index in [9.17, 15) is 4.79 Å². The average Bonchev–Trinajstić information content (AvgIpc) is 3.20. The maximum Gasteiger partial charge on any atom is 0.220 e. The van der Waals surface area contributed by atoms with Gasteiger partial charge in [0.15, 0.2) is 0 Å². The number of aromatic nitrogens is 2. The Bertz CT molecular complexity index is 663. The van der Waals surface area contributed by atoms with Crippen LogP contribution in [-0.4, -0.2) is 21.5 Å². The second-order valence-electron chi connectivity index (χ2n) is 6.41. The highest BCUT2D eigenvalue weighted by Gasteiger charge is 2.26. The van der Waals surface area contributed by atoms with E-state index in [0.717, 1.165) is 30.5 Å². The predicted octanol–water partition coefficient (Wildman–Crippen LogP) is 3.41. The third kappa shape index (κ3) is 5.46. The molecule has 2 aromatic rings. The Kier molecular flexibility index (Phi) is 8.42. The van der Waals surface area contributed by atoms with E-state index in [0.29, 0.717) is 12.3 Å². The van der Waals surface area contributed by atoms with Gasteiger partial charge in [-0.1, -0.05) is 18.6 Å². The molecule has 3 atom stereocenters. The van der Waals surface area contributed by atoms with Crippen LogP contribution >= 0.6 is 24.8 Å². The van der Waals surface area contributed by atoms with Crippen molar-refractivity contribution in [1.82, 2.24) is 14.9 Å². The molecule has 1 aromatic heterocycles. The van der Waals surface area contributed by atoms with Crippen molar-refractivity contribution < 1.29 is 4.79 Å².